The van der Waals surface area contributed by atoms with Gasteiger partial charge in [-0.15, -0.1) is 0 Å². The summed E-state index contributed by atoms with van der Waals surface area (Å²) in [6.45, 7) is 8.49. The van der Waals surface area contributed by atoms with Crippen LogP contribution in [0.25, 0.3) is 10.8 Å². The normalized spacial score (nSPS) is 19.4. The Balaban J connectivity index is 2.39. The number of Topliss-reactive ketones (excluding diaryl/α,β-unsaturated/α-hetero) is 1. The fraction of sp³-hybridized carbons (Fsp3) is 0.421. The average molecular weight is 282 g/mol. The van der Waals surface area contributed by atoms with Gasteiger partial charge in [0.05, 0.1) is 7.11 Å². The van der Waals surface area contributed by atoms with Crippen molar-refractivity contribution in [2.24, 2.45) is 10.8 Å². The maximum Gasteiger partial charge on any atom is 0.169 e. The number of carbonyl (C=O) groups excluding carboxylic acids is 1. The van der Waals surface area contributed by atoms with E-state index in [0.29, 0.717) is 0 Å². The van der Waals surface area contributed by atoms with Gasteiger partial charge in [0.15, 0.2) is 5.78 Å². The molecular formula is C19H22O2. The lowest BCUT2D eigenvalue weighted by atomic mass is 9.57. The molecule has 0 heterocycles. The lowest BCUT2D eigenvalue weighted by Crippen LogP contribution is -2.45. The van der Waals surface area contributed by atoms with Crippen LogP contribution in [0.3, 0.4) is 0 Å². The van der Waals surface area contributed by atoms with Crippen LogP contribution in [0.2, 0.25) is 0 Å². The fourth-order valence-electron chi connectivity index (χ4n) is 3.27. The van der Waals surface area contributed by atoms with Gasteiger partial charge in [-0.3, -0.25) is 4.79 Å². The molecule has 0 aliphatic heterocycles. The minimum Gasteiger partial charge on any atom is -0.496 e. The third-order valence-electron chi connectivity index (χ3n) is 5.46. The summed E-state index contributed by atoms with van der Waals surface area (Å²) in [5, 5.41) is 2.23. The van der Waals surface area contributed by atoms with E-state index in [4.69, 9.17) is 4.74 Å². The third-order valence-corrected chi connectivity index (χ3v) is 5.46. The molecule has 0 aromatic heterocycles. The molecule has 0 radical (unpaired) electrons. The molecule has 2 heteroatoms. The SMILES string of the molecule is COc1cc2c(c3ccccc13)CC(C)(C)C(C)(C)C2=O. The van der Waals surface area contributed by atoms with Crippen LogP contribution in [0.1, 0.15) is 43.6 Å². The van der Waals surface area contributed by atoms with Crippen molar-refractivity contribution < 1.29 is 9.53 Å². The third kappa shape index (κ3) is 1.81. The van der Waals surface area contributed by atoms with Crippen molar-refractivity contribution in [3.05, 3.63) is 41.5 Å². The molecule has 0 N–H and O–H groups in total. The topological polar surface area (TPSA) is 26.3 Å². The number of hydrogen-bond donors (Lipinski definition) is 0. The second-order valence-corrected chi connectivity index (χ2v) is 7.17. The van der Waals surface area contributed by atoms with Crippen molar-refractivity contribution in [3.63, 3.8) is 0 Å². The summed E-state index contributed by atoms with van der Waals surface area (Å²) in [6.07, 6.45) is 0.908. The Bertz CT molecular complexity index is 739. The molecule has 2 nitrogen and oxygen atoms in total. The highest BCUT2D eigenvalue weighted by atomic mass is 16.5. The molecule has 1 aliphatic carbocycles. The van der Waals surface area contributed by atoms with Gasteiger partial charge in [-0.05, 0) is 28.9 Å². The zero-order valence-electron chi connectivity index (χ0n) is 13.4. The summed E-state index contributed by atoms with van der Waals surface area (Å²) >= 11 is 0. The number of fused-ring (bicyclic) bond motifs is 3. The van der Waals surface area contributed by atoms with E-state index in [-0.39, 0.29) is 16.6 Å². The van der Waals surface area contributed by atoms with Crippen LogP contribution in [0.4, 0.5) is 0 Å². The van der Waals surface area contributed by atoms with Crippen molar-refractivity contribution >= 4 is 16.6 Å². The molecule has 0 amide bonds. The summed E-state index contributed by atoms with van der Waals surface area (Å²) < 4.78 is 5.51. The number of benzene rings is 2. The van der Waals surface area contributed by atoms with Crippen LogP contribution < -0.4 is 4.74 Å². The van der Waals surface area contributed by atoms with E-state index in [9.17, 15) is 4.79 Å². The Kier molecular flexibility index (Phi) is 2.91. The summed E-state index contributed by atoms with van der Waals surface area (Å²) in [5.74, 6) is 1.01. The molecule has 3 rings (SSSR count). The summed E-state index contributed by atoms with van der Waals surface area (Å²) in [5.41, 5.74) is 1.57. The van der Waals surface area contributed by atoms with Gasteiger partial charge in [0.2, 0.25) is 0 Å². The highest BCUT2D eigenvalue weighted by molar-refractivity contribution is 6.08. The minimum absolute atomic E-state index is 0.0611. The molecule has 0 bridgehead atoms. The van der Waals surface area contributed by atoms with Crippen LogP contribution in [-0.4, -0.2) is 12.9 Å². The summed E-state index contributed by atoms with van der Waals surface area (Å²) in [4.78, 5) is 13.0. The quantitative estimate of drug-likeness (QED) is 0.761. The van der Waals surface area contributed by atoms with Gasteiger partial charge in [0.1, 0.15) is 5.75 Å². The summed E-state index contributed by atoms with van der Waals surface area (Å²) in [7, 11) is 1.66. The largest absolute Gasteiger partial charge is 0.496 e. The highest BCUT2D eigenvalue weighted by Gasteiger charge is 2.48. The van der Waals surface area contributed by atoms with E-state index in [1.165, 1.54) is 5.56 Å². The van der Waals surface area contributed by atoms with Crippen LogP contribution >= 0.6 is 0 Å². The molecule has 2 aromatic carbocycles. The zero-order valence-corrected chi connectivity index (χ0v) is 13.4. The molecule has 0 saturated carbocycles. The highest BCUT2D eigenvalue weighted by Crippen LogP contribution is 2.50. The van der Waals surface area contributed by atoms with Gasteiger partial charge < -0.3 is 4.74 Å². The molecule has 2 aromatic rings. The predicted octanol–water partition coefficient (Wildman–Crippen LogP) is 4.64. The van der Waals surface area contributed by atoms with Crippen molar-refractivity contribution in [1.82, 2.24) is 0 Å². The number of hydrogen-bond acceptors (Lipinski definition) is 2. The van der Waals surface area contributed by atoms with E-state index in [1.54, 1.807) is 7.11 Å². The zero-order chi connectivity index (χ0) is 15.4. The first kappa shape index (κ1) is 14.1. The number of ketones is 1. The van der Waals surface area contributed by atoms with Crippen molar-refractivity contribution in [1.29, 1.82) is 0 Å². The number of ether oxygens (including phenoxy) is 1. The molecule has 0 spiro atoms. The van der Waals surface area contributed by atoms with Crippen LogP contribution in [0.5, 0.6) is 5.75 Å². The second kappa shape index (κ2) is 4.33. The molecule has 21 heavy (non-hydrogen) atoms. The van der Waals surface area contributed by atoms with Crippen molar-refractivity contribution in [2.75, 3.05) is 7.11 Å². The van der Waals surface area contributed by atoms with E-state index < -0.39 is 0 Å². The van der Waals surface area contributed by atoms with Gasteiger partial charge in [0, 0.05) is 16.4 Å². The van der Waals surface area contributed by atoms with E-state index >= 15 is 0 Å². The van der Waals surface area contributed by atoms with E-state index in [2.05, 4.69) is 39.8 Å². The van der Waals surface area contributed by atoms with Gasteiger partial charge in [0.25, 0.3) is 0 Å². The van der Waals surface area contributed by atoms with Gasteiger partial charge in [-0.1, -0.05) is 52.0 Å². The van der Waals surface area contributed by atoms with Gasteiger partial charge >= 0.3 is 0 Å². The van der Waals surface area contributed by atoms with Crippen LogP contribution in [-0.2, 0) is 6.42 Å². The monoisotopic (exact) mass is 282 g/mol. The predicted molar refractivity (Wildman–Crippen MR) is 86.1 cm³/mol. The first-order valence-corrected chi connectivity index (χ1v) is 7.43. The number of methoxy groups -OCH3 is 1. The maximum absolute atomic E-state index is 13.0. The molecule has 0 saturated heterocycles. The fourth-order valence-corrected chi connectivity index (χ4v) is 3.27. The minimum atomic E-state index is -0.368. The lowest BCUT2D eigenvalue weighted by Gasteiger charge is -2.45. The molecule has 0 fully saturated rings. The Morgan fingerprint density at radius 1 is 1.05 bits per heavy atom. The second-order valence-electron chi connectivity index (χ2n) is 7.17. The number of rotatable bonds is 1. The Hall–Kier alpha value is -1.83. The molecular weight excluding hydrogens is 260 g/mol. The Morgan fingerprint density at radius 3 is 2.29 bits per heavy atom. The molecule has 0 unspecified atom stereocenters. The van der Waals surface area contributed by atoms with Gasteiger partial charge in [-0.2, -0.15) is 0 Å². The van der Waals surface area contributed by atoms with Gasteiger partial charge in [-0.25, -0.2) is 0 Å². The smallest absolute Gasteiger partial charge is 0.169 e. The van der Waals surface area contributed by atoms with Crippen LogP contribution in [0.15, 0.2) is 30.3 Å². The lowest BCUT2D eigenvalue weighted by molar-refractivity contribution is 0.0534. The van der Waals surface area contributed by atoms with Crippen molar-refractivity contribution in [3.8, 4) is 5.75 Å². The molecule has 1 aliphatic rings. The Labute approximate surface area is 126 Å². The van der Waals surface area contributed by atoms with Crippen molar-refractivity contribution in [2.45, 2.75) is 34.1 Å². The summed E-state index contributed by atoms with van der Waals surface area (Å²) in [6, 6.07) is 10.1. The molecule has 0 atom stereocenters. The maximum atomic E-state index is 13.0. The Morgan fingerprint density at radius 2 is 1.67 bits per heavy atom. The first-order chi connectivity index (χ1) is 9.79. The number of carbonyl (C=O) groups is 1. The van der Waals surface area contributed by atoms with E-state index in [1.807, 2.05) is 18.2 Å². The standard InChI is InChI=1S/C19H22O2/c1-18(2)11-15-12-8-6-7-9-13(12)16(21-5)10-14(15)17(20)19(18,3)4/h6-10H,11H2,1-5H3. The van der Waals surface area contributed by atoms with E-state index in [0.717, 1.165) is 28.5 Å². The first-order valence-electron chi connectivity index (χ1n) is 7.43. The van der Waals surface area contributed by atoms with Crippen LogP contribution in [0, 0.1) is 10.8 Å². The molecule has 110 valence electrons. The average Bonchev–Trinajstić information content (AvgIpc) is 2.45.